The number of carboxylic acids is 1. The van der Waals surface area contributed by atoms with Crippen LogP contribution in [-0.2, 0) is 6.18 Å². The molecule has 0 saturated carbocycles. The SMILES string of the molecule is O=C(O)c1ccc(C#CCCl)cc1C(F)(F)F. The molecule has 0 aliphatic carbocycles. The lowest BCUT2D eigenvalue weighted by molar-refractivity contribution is -0.138. The van der Waals surface area contributed by atoms with Gasteiger partial charge in [0, 0.05) is 5.56 Å². The molecule has 0 aliphatic heterocycles. The number of rotatable bonds is 1. The second kappa shape index (κ2) is 5.11. The van der Waals surface area contributed by atoms with Crippen LogP contribution >= 0.6 is 11.6 Å². The Morgan fingerprint density at radius 2 is 2.06 bits per heavy atom. The van der Waals surface area contributed by atoms with Gasteiger partial charge in [0.25, 0.3) is 0 Å². The standard InChI is InChI=1S/C11H6ClF3O2/c12-5-1-2-7-3-4-8(10(16)17)9(6-7)11(13,14)15/h3-4,6H,5H2,(H,16,17). The highest BCUT2D eigenvalue weighted by molar-refractivity contribution is 6.19. The Labute approximate surface area is 100 Å². The maximum atomic E-state index is 12.6. The monoisotopic (exact) mass is 262 g/mol. The van der Waals surface area contributed by atoms with E-state index < -0.39 is 23.3 Å². The van der Waals surface area contributed by atoms with Crippen molar-refractivity contribution in [3.05, 3.63) is 34.9 Å². The summed E-state index contributed by atoms with van der Waals surface area (Å²) in [6.45, 7) is 0. The van der Waals surface area contributed by atoms with Crippen LogP contribution in [0.4, 0.5) is 13.2 Å². The van der Waals surface area contributed by atoms with E-state index in [4.69, 9.17) is 16.7 Å². The minimum atomic E-state index is -4.73. The highest BCUT2D eigenvalue weighted by atomic mass is 35.5. The van der Waals surface area contributed by atoms with Gasteiger partial charge >= 0.3 is 12.1 Å². The highest BCUT2D eigenvalue weighted by Gasteiger charge is 2.35. The molecule has 6 heteroatoms. The summed E-state index contributed by atoms with van der Waals surface area (Å²) in [7, 11) is 0. The lowest BCUT2D eigenvalue weighted by Crippen LogP contribution is -2.13. The van der Waals surface area contributed by atoms with E-state index in [1.54, 1.807) is 0 Å². The van der Waals surface area contributed by atoms with Crippen LogP contribution in [0.15, 0.2) is 18.2 Å². The fourth-order valence-electron chi connectivity index (χ4n) is 1.18. The molecular weight excluding hydrogens is 257 g/mol. The summed E-state index contributed by atoms with van der Waals surface area (Å²) in [6, 6.07) is 2.78. The number of alkyl halides is 4. The minimum Gasteiger partial charge on any atom is -0.478 e. The summed E-state index contributed by atoms with van der Waals surface area (Å²) in [5.74, 6) is 3.15. The second-order valence-corrected chi connectivity index (χ2v) is 3.27. The largest absolute Gasteiger partial charge is 0.478 e. The van der Waals surface area contributed by atoms with Gasteiger partial charge in [0.05, 0.1) is 17.0 Å². The zero-order valence-electron chi connectivity index (χ0n) is 8.31. The van der Waals surface area contributed by atoms with Gasteiger partial charge in [-0.15, -0.1) is 11.6 Å². The number of hydrogen-bond donors (Lipinski definition) is 1. The Morgan fingerprint density at radius 1 is 1.41 bits per heavy atom. The summed E-state index contributed by atoms with van der Waals surface area (Å²) < 4.78 is 37.7. The van der Waals surface area contributed by atoms with Crippen molar-refractivity contribution < 1.29 is 23.1 Å². The molecule has 0 unspecified atom stereocenters. The molecule has 1 rings (SSSR count). The Hall–Kier alpha value is -1.67. The minimum absolute atomic E-state index is 0.0119. The van der Waals surface area contributed by atoms with Crippen molar-refractivity contribution in [3.8, 4) is 11.8 Å². The number of hydrogen-bond acceptors (Lipinski definition) is 1. The third-order valence-electron chi connectivity index (χ3n) is 1.85. The van der Waals surface area contributed by atoms with E-state index in [0.29, 0.717) is 6.07 Å². The van der Waals surface area contributed by atoms with Crippen LogP contribution in [0.25, 0.3) is 0 Å². The normalized spacial score (nSPS) is 10.6. The van der Waals surface area contributed by atoms with Crippen LogP contribution < -0.4 is 0 Å². The summed E-state index contributed by atoms with van der Waals surface area (Å²) in [5, 5.41) is 8.64. The zero-order valence-corrected chi connectivity index (χ0v) is 9.06. The molecule has 0 amide bonds. The quantitative estimate of drug-likeness (QED) is 0.624. The van der Waals surface area contributed by atoms with E-state index in [1.165, 1.54) is 6.07 Å². The number of halogens is 4. The smallest absolute Gasteiger partial charge is 0.417 e. The molecule has 2 nitrogen and oxygen atoms in total. The molecule has 0 fully saturated rings. The van der Waals surface area contributed by atoms with Crippen LogP contribution in [0, 0.1) is 11.8 Å². The van der Waals surface area contributed by atoms with E-state index in [-0.39, 0.29) is 11.4 Å². The Kier molecular flexibility index (Phi) is 4.02. The summed E-state index contributed by atoms with van der Waals surface area (Å²) >= 11 is 5.27. The maximum absolute atomic E-state index is 12.6. The van der Waals surface area contributed by atoms with Gasteiger partial charge in [-0.3, -0.25) is 0 Å². The van der Waals surface area contributed by atoms with Gasteiger partial charge in [-0.05, 0) is 18.2 Å². The molecule has 90 valence electrons. The predicted octanol–water partition coefficient (Wildman–Crippen LogP) is 2.99. The third kappa shape index (κ3) is 3.40. The van der Waals surface area contributed by atoms with Crippen molar-refractivity contribution in [2.24, 2.45) is 0 Å². The Balaban J connectivity index is 3.34. The lowest BCUT2D eigenvalue weighted by Gasteiger charge is -2.10. The van der Waals surface area contributed by atoms with Gasteiger partial charge in [-0.25, -0.2) is 4.79 Å². The van der Waals surface area contributed by atoms with Crippen molar-refractivity contribution >= 4 is 17.6 Å². The lowest BCUT2D eigenvalue weighted by atomic mass is 10.0. The zero-order chi connectivity index (χ0) is 13.1. The van der Waals surface area contributed by atoms with E-state index >= 15 is 0 Å². The summed E-state index contributed by atoms with van der Waals surface area (Å²) in [5.41, 5.74) is -1.94. The van der Waals surface area contributed by atoms with Crippen molar-refractivity contribution in [3.63, 3.8) is 0 Å². The van der Waals surface area contributed by atoms with E-state index in [1.807, 2.05) is 0 Å². The van der Waals surface area contributed by atoms with Crippen LogP contribution in [-0.4, -0.2) is 17.0 Å². The molecule has 17 heavy (non-hydrogen) atoms. The number of aromatic carboxylic acids is 1. The molecule has 1 aromatic carbocycles. The Morgan fingerprint density at radius 3 is 2.53 bits per heavy atom. The first-order valence-electron chi connectivity index (χ1n) is 4.35. The van der Waals surface area contributed by atoms with Crippen LogP contribution in [0.3, 0.4) is 0 Å². The summed E-state index contributed by atoms with van der Waals surface area (Å²) in [4.78, 5) is 10.6. The maximum Gasteiger partial charge on any atom is 0.417 e. The van der Waals surface area contributed by atoms with Gasteiger partial charge in [0.2, 0.25) is 0 Å². The van der Waals surface area contributed by atoms with Gasteiger partial charge in [-0.1, -0.05) is 11.8 Å². The first kappa shape index (κ1) is 13.4. The average molecular weight is 263 g/mol. The number of carbonyl (C=O) groups is 1. The molecular formula is C11H6ClF3O2. The van der Waals surface area contributed by atoms with Crippen molar-refractivity contribution in [1.29, 1.82) is 0 Å². The molecule has 1 aromatic rings. The molecule has 0 heterocycles. The summed E-state index contributed by atoms with van der Waals surface area (Å²) in [6.07, 6.45) is -4.73. The Bertz CT molecular complexity index is 498. The molecule has 0 spiro atoms. The number of benzene rings is 1. The van der Waals surface area contributed by atoms with Gasteiger partial charge in [0.15, 0.2) is 0 Å². The second-order valence-electron chi connectivity index (χ2n) is 3.00. The fraction of sp³-hybridized carbons (Fsp3) is 0.182. The first-order valence-corrected chi connectivity index (χ1v) is 4.89. The van der Waals surface area contributed by atoms with Gasteiger partial charge in [-0.2, -0.15) is 13.2 Å². The van der Waals surface area contributed by atoms with E-state index in [0.717, 1.165) is 6.07 Å². The van der Waals surface area contributed by atoms with Crippen molar-refractivity contribution in [1.82, 2.24) is 0 Å². The predicted molar refractivity (Wildman–Crippen MR) is 56.0 cm³/mol. The van der Waals surface area contributed by atoms with Crippen LogP contribution in [0.5, 0.6) is 0 Å². The van der Waals surface area contributed by atoms with E-state index in [9.17, 15) is 18.0 Å². The van der Waals surface area contributed by atoms with Crippen LogP contribution in [0.1, 0.15) is 21.5 Å². The van der Waals surface area contributed by atoms with Crippen molar-refractivity contribution in [2.75, 3.05) is 5.88 Å². The molecule has 0 aromatic heterocycles. The highest BCUT2D eigenvalue weighted by Crippen LogP contribution is 2.32. The molecule has 0 bridgehead atoms. The molecule has 1 N–H and O–H groups in total. The molecule has 0 saturated heterocycles. The molecule has 0 aliphatic rings. The molecule has 0 radical (unpaired) electrons. The first-order chi connectivity index (χ1) is 7.86. The third-order valence-corrected chi connectivity index (χ3v) is 1.99. The number of carboxylic acid groups (broad SMARTS) is 1. The van der Waals surface area contributed by atoms with E-state index in [2.05, 4.69) is 11.8 Å². The van der Waals surface area contributed by atoms with Gasteiger partial charge < -0.3 is 5.11 Å². The fourth-order valence-corrected chi connectivity index (χ4v) is 1.25. The van der Waals surface area contributed by atoms with Gasteiger partial charge in [0.1, 0.15) is 0 Å². The van der Waals surface area contributed by atoms with Crippen LogP contribution in [0.2, 0.25) is 0 Å². The molecule has 0 atom stereocenters. The average Bonchev–Trinajstić information content (AvgIpc) is 2.24. The van der Waals surface area contributed by atoms with Crippen molar-refractivity contribution in [2.45, 2.75) is 6.18 Å². The topological polar surface area (TPSA) is 37.3 Å².